The lowest BCUT2D eigenvalue weighted by Gasteiger charge is -2.04. The summed E-state index contributed by atoms with van der Waals surface area (Å²) in [5.74, 6) is 0.418. The largest absolute Gasteiger partial charge is 0.726 e. The van der Waals surface area contributed by atoms with E-state index in [9.17, 15) is 17.8 Å². The fourth-order valence-corrected chi connectivity index (χ4v) is 1.89. The van der Waals surface area contributed by atoms with Crippen molar-refractivity contribution in [1.82, 2.24) is 0 Å². The number of hydrogen-bond donors (Lipinski definition) is 0. The molecule has 0 fully saturated rings. The third kappa shape index (κ3) is 8.60. The second-order valence-corrected chi connectivity index (χ2v) is 6.65. The van der Waals surface area contributed by atoms with Crippen LogP contribution < -0.4 is 4.74 Å². The van der Waals surface area contributed by atoms with Gasteiger partial charge in [-0.25, -0.2) is 8.42 Å². The van der Waals surface area contributed by atoms with Crippen molar-refractivity contribution in [3.05, 3.63) is 24.3 Å². The Morgan fingerprint density at radius 3 is 2.11 bits per heavy atom. The second-order valence-electron chi connectivity index (χ2n) is 3.43. The van der Waals surface area contributed by atoms with Gasteiger partial charge >= 0.3 is 5.97 Å². The molecule has 0 atom stereocenters. The molecule has 0 saturated carbocycles. The van der Waals surface area contributed by atoms with E-state index in [4.69, 9.17) is 4.74 Å². The van der Waals surface area contributed by atoms with Gasteiger partial charge in [0.25, 0.3) is 0 Å². The van der Waals surface area contributed by atoms with Crippen LogP contribution in [0.2, 0.25) is 0 Å². The quantitative estimate of drug-likeness (QED) is 0.271. The van der Waals surface area contributed by atoms with Gasteiger partial charge in [0.1, 0.15) is 12.5 Å². The van der Waals surface area contributed by atoms with Crippen LogP contribution in [0, 0.1) is 0 Å². The lowest BCUT2D eigenvalue weighted by molar-refractivity contribution is -0.132. The van der Waals surface area contributed by atoms with E-state index in [1.807, 2.05) is 24.3 Å². The van der Waals surface area contributed by atoms with Gasteiger partial charge in [-0.2, -0.15) is 0 Å². The summed E-state index contributed by atoms with van der Waals surface area (Å²) < 4.78 is 36.1. The summed E-state index contributed by atoms with van der Waals surface area (Å²) >= 11 is 0. The van der Waals surface area contributed by atoms with Crippen molar-refractivity contribution in [2.75, 3.05) is 19.6 Å². The van der Waals surface area contributed by atoms with E-state index in [0.29, 0.717) is 5.75 Å². The van der Waals surface area contributed by atoms with E-state index in [2.05, 4.69) is 16.7 Å². The molecule has 1 aromatic rings. The van der Waals surface area contributed by atoms with Gasteiger partial charge in [-0.15, -0.1) is 0 Å². The Labute approximate surface area is 116 Å². The van der Waals surface area contributed by atoms with Crippen molar-refractivity contribution in [2.24, 2.45) is 0 Å². The van der Waals surface area contributed by atoms with Gasteiger partial charge in [0.2, 0.25) is 10.4 Å². The maximum atomic E-state index is 10.8. The summed E-state index contributed by atoms with van der Waals surface area (Å²) in [6.45, 7) is 1.42. The average molecular weight is 308 g/mol. The molecule has 0 bridgehead atoms. The molecule has 8 heteroatoms. The van der Waals surface area contributed by atoms with Crippen molar-refractivity contribution in [3.63, 3.8) is 0 Å². The van der Waals surface area contributed by atoms with Crippen molar-refractivity contribution in [1.29, 1.82) is 0 Å². The number of para-hydroxylation sites is 1. The topological polar surface area (TPSA) is 92.7 Å². The van der Waals surface area contributed by atoms with E-state index in [0.717, 1.165) is 12.0 Å². The molecule has 0 aromatic heterocycles. The third-order valence-electron chi connectivity index (χ3n) is 1.75. The molecule has 1 rings (SSSR count). The molecule has 0 aliphatic heterocycles. The molecule has 0 saturated heterocycles. The number of hydrogen-bond acceptors (Lipinski definition) is 6. The van der Waals surface area contributed by atoms with E-state index >= 15 is 0 Å². The summed E-state index contributed by atoms with van der Waals surface area (Å²) in [7, 11) is -3.49. The van der Waals surface area contributed by atoms with Gasteiger partial charge in [0.05, 0.1) is 7.11 Å². The zero-order chi connectivity index (χ0) is 15.1. The Kier molecular flexibility index (Phi) is 7.69. The normalized spacial score (nSPS) is 10.6. The molecule has 0 N–H and O–H groups in total. The number of carbonyl (C=O) groups excluding carboxylic acids is 1. The Balaban J connectivity index is 0.000000459. The summed E-state index contributed by atoms with van der Waals surface area (Å²) in [6, 6.07) is 7.63. The molecule has 0 aliphatic rings. The highest BCUT2D eigenvalue weighted by atomic mass is 32.3. The first-order valence-corrected chi connectivity index (χ1v) is 8.41. The fourth-order valence-electron chi connectivity index (χ4n) is 1.03. The summed E-state index contributed by atoms with van der Waals surface area (Å²) in [5.41, 5.74) is 0. The van der Waals surface area contributed by atoms with Crippen LogP contribution >= 0.6 is 0 Å². The van der Waals surface area contributed by atoms with E-state index < -0.39 is 10.4 Å². The van der Waals surface area contributed by atoms with E-state index in [-0.39, 0.29) is 16.9 Å². The van der Waals surface area contributed by atoms with Gasteiger partial charge < -0.3 is 9.29 Å². The molecule has 108 valence electrons. The molecule has 0 spiro atoms. The Hall–Kier alpha value is -1.09. The van der Waals surface area contributed by atoms with Crippen molar-refractivity contribution >= 4 is 27.3 Å². The fraction of sp³-hybridized carbons (Fsp3) is 0.364. The van der Waals surface area contributed by atoms with Crippen LogP contribution in [0.5, 0.6) is 5.75 Å². The Morgan fingerprint density at radius 1 is 1.26 bits per heavy atom. The van der Waals surface area contributed by atoms with Gasteiger partial charge in [-0.05, 0) is 12.1 Å². The lowest BCUT2D eigenvalue weighted by Crippen LogP contribution is -2.06. The average Bonchev–Trinajstić information content (AvgIpc) is 2.28. The van der Waals surface area contributed by atoms with Gasteiger partial charge in [0, 0.05) is 17.8 Å². The van der Waals surface area contributed by atoms with Crippen LogP contribution in [0.4, 0.5) is 0 Å². The first kappa shape index (κ1) is 17.9. The molecule has 6 nitrogen and oxygen atoms in total. The van der Waals surface area contributed by atoms with Crippen LogP contribution in [0.3, 0.4) is 0 Å². The van der Waals surface area contributed by atoms with Crippen molar-refractivity contribution < 1.29 is 26.7 Å². The third-order valence-corrected chi connectivity index (χ3v) is 3.37. The standard InChI is InChI=1S/C10H13O2S.CH4O4S/c1-8(11)12-9-6-4-5-7-10(9)13(2)3;1-5-6(2,3)4/h4-7H,1-3H3;1H3,(H,2,3,4)/q+1;/p-1. The maximum Gasteiger partial charge on any atom is 0.308 e. The molecular weight excluding hydrogens is 292 g/mol. The first-order chi connectivity index (χ1) is 8.67. The minimum Gasteiger partial charge on any atom is -0.726 e. The minimum absolute atomic E-state index is 0.116. The van der Waals surface area contributed by atoms with Crippen LogP contribution in [0.15, 0.2) is 29.2 Å². The first-order valence-electron chi connectivity index (χ1n) is 5.04. The number of carbonyl (C=O) groups is 1. The maximum absolute atomic E-state index is 10.8. The van der Waals surface area contributed by atoms with E-state index in [1.54, 1.807) is 0 Å². The highest BCUT2D eigenvalue weighted by Crippen LogP contribution is 2.23. The molecule has 0 radical (unpaired) electrons. The minimum atomic E-state index is -4.41. The molecule has 0 amide bonds. The van der Waals surface area contributed by atoms with Crippen LogP contribution in [-0.4, -0.2) is 38.6 Å². The predicted molar refractivity (Wildman–Crippen MR) is 71.9 cm³/mol. The number of ether oxygens (including phenoxy) is 1. The van der Waals surface area contributed by atoms with Crippen LogP contribution in [-0.2, 0) is 30.3 Å². The summed E-state index contributed by atoms with van der Waals surface area (Å²) in [4.78, 5) is 11.9. The van der Waals surface area contributed by atoms with Gasteiger partial charge in [-0.1, -0.05) is 12.1 Å². The predicted octanol–water partition coefficient (Wildman–Crippen LogP) is 0.942. The van der Waals surface area contributed by atoms with Crippen LogP contribution in [0.25, 0.3) is 0 Å². The Morgan fingerprint density at radius 2 is 1.74 bits per heavy atom. The highest BCUT2D eigenvalue weighted by Gasteiger charge is 2.15. The summed E-state index contributed by atoms with van der Waals surface area (Å²) in [5, 5.41) is 0. The molecule has 19 heavy (non-hydrogen) atoms. The smallest absolute Gasteiger partial charge is 0.308 e. The molecule has 1 aromatic carbocycles. The number of rotatable bonds is 3. The Bertz CT molecular complexity index is 510. The molecule has 0 unspecified atom stereocenters. The van der Waals surface area contributed by atoms with Crippen molar-refractivity contribution in [2.45, 2.75) is 11.8 Å². The number of esters is 1. The SMILES string of the molecule is CC(=O)Oc1ccccc1[S+](C)C.COS(=O)(=O)[O-]. The lowest BCUT2D eigenvalue weighted by atomic mass is 10.3. The molecule has 0 heterocycles. The number of benzene rings is 1. The zero-order valence-electron chi connectivity index (χ0n) is 11.1. The monoisotopic (exact) mass is 308 g/mol. The molecule has 0 aliphatic carbocycles. The van der Waals surface area contributed by atoms with Gasteiger partial charge in [0.15, 0.2) is 10.6 Å². The van der Waals surface area contributed by atoms with Crippen molar-refractivity contribution in [3.8, 4) is 5.75 Å². The summed E-state index contributed by atoms with van der Waals surface area (Å²) in [6.07, 6.45) is 4.20. The molecular formula is C11H16O6S2. The van der Waals surface area contributed by atoms with E-state index in [1.165, 1.54) is 6.92 Å². The second kappa shape index (κ2) is 8.16. The highest BCUT2D eigenvalue weighted by molar-refractivity contribution is 7.95. The van der Waals surface area contributed by atoms with Crippen LogP contribution in [0.1, 0.15) is 6.92 Å². The van der Waals surface area contributed by atoms with Gasteiger partial charge in [-0.3, -0.25) is 8.98 Å². The zero-order valence-corrected chi connectivity index (χ0v) is 12.7.